The van der Waals surface area contributed by atoms with E-state index in [4.69, 9.17) is 0 Å². The molecule has 2 heteroatoms. The molecule has 0 saturated carbocycles. The summed E-state index contributed by atoms with van der Waals surface area (Å²) in [6.07, 6.45) is 3.18. The Bertz CT molecular complexity index is 567. The van der Waals surface area contributed by atoms with E-state index in [0.29, 0.717) is 6.42 Å². The Morgan fingerprint density at radius 3 is 2.67 bits per heavy atom. The smallest absolute Gasteiger partial charge is 0.164 e. The molecule has 2 rings (SSSR count). The lowest BCUT2D eigenvalue weighted by Crippen LogP contribution is -2.09. The minimum Gasteiger partial charge on any atom is -0.294 e. The number of pyridine rings is 1. The van der Waals surface area contributed by atoms with Crippen LogP contribution in [0.1, 0.15) is 44.0 Å². The molecular weight excluding hydrogens is 222 g/mol. The minimum atomic E-state index is 0.183. The van der Waals surface area contributed by atoms with Crippen LogP contribution in [-0.2, 0) is 0 Å². The first-order chi connectivity index (χ1) is 8.46. The van der Waals surface area contributed by atoms with Crippen molar-refractivity contribution >= 4 is 16.7 Å². The second-order valence-corrected chi connectivity index (χ2v) is 5.90. The summed E-state index contributed by atoms with van der Waals surface area (Å²) in [6, 6.07) is 9.80. The van der Waals surface area contributed by atoms with Crippen LogP contribution in [-0.4, -0.2) is 10.8 Å². The summed E-state index contributed by atoms with van der Waals surface area (Å²) in [6.45, 7) is 6.46. The van der Waals surface area contributed by atoms with Crippen molar-refractivity contribution in [2.24, 2.45) is 5.41 Å². The van der Waals surface area contributed by atoms with Gasteiger partial charge < -0.3 is 0 Å². The van der Waals surface area contributed by atoms with Crippen LogP contribution < -0.4 is 0 Å². The number of carbonyl (C=O) groups is 1. The van der Waals surface area contributed by atoms with Crippen molar-refractivity contribution in [2.75, 3.05) is 0 Å². The van der Waals surface area contributed by atoms with Gasteiger partial charge in [-0.2, -0.15) is 0 Å². The van der Waals surface area contributed by atoms with E-state index in [-0.39, 0.29) is 11.2 Å². The van der Waals surface area contributed by atoms with Gasteiger partial charge >= 0.3 is 0 Å². The molecule has 0 spiro atoms. The van der Waals surface area contributed by atoms with Crippen LogP contribution in [0.25, 0.3) is 10.9 Å². The maximum absolute atomic E-state index is 12.1. The molecule has 18 heavy (non-hydrogen) atoms. The predicted molar refractivity (Wildman–Crippen MR) is 74.8 cm³/mol. The number of para-hydroxylation sites is 1. The molecule has 2 aromatic rings. The van der Waals surface area contributed by atoms with E-state index in [9.17, 15) is 4.79 Å². The van der Waals surface area contributed by atoms with E-state index in [2.05, 4.69) is 25.8 Å². The normalized spacial score (nSPS) is 11.7. The van der Waals surface area contributed by atoms with E-state index in [1.165, 1.54) is 0 Å². The Morgan fingerprint density at radius 1 is 1.22 bits per heavy atom. The van der Waals surface area contributed by atoms with Gasteiger partial charge in [0.05, 0.1) is 5.52 Å². The van der Waals surface area contributed by atoms with Gasteiger partial charge in [0.25, 0.3) is 0 Å². The van der Waals surface area contributed by atoms with Gasteiger partial charge in [0, 0.05) is 23.6 Å². The molecule has 0 radical (unpaired) electrons. The third kappa shape index (κ3) is 3.16. The second-order valence-electron chi connectivity index (χ2n) is 5.90. The lowest BCUT2D eigenvalue weighted by atomic mass is 9.88. The summed E-state index contributed by atoms with van der Waals surface area (Å²) in [5.74, 6) is 0.183. The van der Waals surface area contributed by atoms with E-state index in [1.54, 1.807) is 6.20 Å². The first-order valence-corrected chi connectivity index (χ1v) is 6.34. The molecular formula is C16H19NO. The van der Waals surface area contributed by atoms with E-state index < -0.39 is 0 Å². The fourth-order valence-corrected chi connectivity index (χ4v) is 1.86. The van der Waals surface area contributed by atoms with Crippen LogP contribution in [0.2, 0.25) is 0 Å². The third-order valence-electron chi connectivity index (χ3n) is 3.01. The number of hydrogen-bond acceptors (Lipinski definition) is 2. The van der Waals surface area contributed by atoms with Crippen molar-refractivity contribution in [1.29, 1.82) is 0 Å². The summed E-state index contributed by atoms with van der Waals surface area (Å²) in [4.78, 5) is 16.4. The van der Waals surface area contributed by atoms with E-state index in [1.807, 2.05) is 30.3 Å². The summed E-state index contributed by atoms with van der Waals surface area (Å²) in [5.41, 5.74) is 1.85. The number of rotatable bonds is 3. The number of fused-ring (bicyclic) bond motifs is 1. The number of aromatic nitrogens is 1. The van der Waals surface area contributed by atoms with Crippen molar-refractivity contribution < 1.29 is 4.79 Å². The number of hydrogen-bond donors (Lipinski definition) is 0. The number of benzene rings is 1. The van der Waals surface area contributed by atoms with Crippen molar-refractivity contribution in [2.45, 2.75) is 33.6 Å². The number of nitrogens with zero attached hydrogens (tertiary/aromatic N) is 1. The quantitative estimate of drug-likeness (QED) is 0.752. The first kappa shape index (κ1) is 12.7. The molecule has 2 nitrogen and oxygen atoms in total. The molecule has 0 atom stereocenters. The molecule has 0 saturated heterocycles. The average Bonchev–Trinajstić information content (AvgIpc) is 2.34. The van der Waals surface area contributed by atoms with Gasteiger partial charge in [0.1, 0.15) is 0 Å². The van der Waals surface area contributed by atoms with Crippen molar-refractivity contribution in [3.05, 3.63) is 42.1 Å². The van der Waals surface area contributed by atoms with Gasteiger partial charge in [-0.1, -0.05) is 39.0 Å². The summed E-state index contributed by atoms with van der Waals surface area (Å²) >= 11 is 0. The van der Waals surface area contributed by atoms with Crippen LogP contribution in [0.15, 0.2) is 36.5 Å². The van der Waals surface area contributed by atoms with Crippen molar-refractivity contribution in [3.8, 4) is 0 Å². The SMILES string of the molecule is CC(C)(C)CCC(=O)c1cnc2ccccc2c1. The summed E-state index contributed by atoms with van der Waals surface area (Å²) in [7, 11) is 0. The lowest BCUT2D eigenvalue weighted by molar-refractivity contribution is 0.0966. The molecule has 1 aromatic heterocycles. The molecule has 0 aliphatic rings. The second kappa shape index (κ2) is 4.89. The zero-order valence-electron chi connectivity index (χ0n) is 11.2. The maximum Gasteiger partial charge on any atom is 0.164 e. The van der Waals surface area contributed by atoms with Gasteiger partial charge in [-0.3, -0.25) is 9.78 Å². The van der Waals surface area contributed by atoms with Gasteiger partial charge in [-0.05, 0) is 24.0 Å². The molecule has 0 amide bonds. The predicted octanol–water partition coefficient (Wildman–Crippen LogP) is 4.24. The van der Waals surface area contributed by atoms with Gasteiger partial charge in [-0.15, -0.1) is 0 Å². The molecule has 0 unspecified atom stereocenters. The number of ketones is 1. The highest BCUT2D eigenvalue weighted by atomic mass is 16.1. The van der Waals surface area contributed by atoms with Crippen LogP contribution in [0.3, 0.4) is 0 Å². The topological polar surface area (TPSA) is 30.0 Å². The largest absolute Gasteiger partial charge is 0.294 e. The zero-order valence-corrected chi connectivity index (χ0v) is 11.2. The fourth-order valence-electron chi connectivity index (χ4n) is 1.86. The zero-order chi connectivity index (χ0) is 13.2. The lowest BCUT2D eigenvalue weighted by Gasteiger charge is -2.16. The highest BCUT2D eigenvalue weighted by Gasteiger charge is 2.14. The summed E-state index contributed by atoms with van der Waals surface area (Å²) < 4.78 is 0. The standard InChI is InChI=1S/C16H19NO/c1-16(2,3)9-8-15(18)13-10-12-6-4-5-7-14(12)17-11-13/h4-7,10-11H,8-9H2,1-3H3. The Labute approximate surface area is 108 Å². The van der Waals surface area contributed by atoms with E-state index in [0.717, 1.165) is 22.9 Å². The van der Waals surface area contributed by atoms with Gasteiger partial charge in [0.15, 0.2) is 5.78 Å². The Morgan fingerprint density at radius 2 is 1.94 bits per heavy atom. The molecule has 0 fully saturated rings. The molecule has 1 heterocycles. The molecule has 0 N–H and O–H groups in total. The molecule has 1 aromatic carbocycles. The van der Waals surface area contributed by atoms with Crippen molar-refractivity contribution in [1.82, 2.24) is 4.98 Å². The molecule has 94 valence electrons. The third-order valence-corrected chi connectivity index (χ3v) is 3.01. The van der Waals surface area contributed by atoms with E-state index >= 15 is 0 Å². The van der Waals surface area contributed by atoms with Crippen molar-refractivity contribution in [3.63, 3.8) is 0 Å². The van der Waals surface area contributed by atoms with Crippen LogP contribution in [0.4, 0.5) is 0 Å². The van der Waals surface area contributed by atoms with Crippen LogP contribution in [0.5, 0.6) is 0 Å². The molecule has 0 aliphatic carbocycles. The fraction of sp³-hybridized carbons (Fsp3) is 0.375. The highest BCUT2D eigenvalue weighted by Crippen LogP contribution is 2.22. The Hall–Kier alpha value is -1.70. The number of Topliss-reactive ketones (excluding diaryl/α,β-unsaturated/α-hetero) is 1. The molecule has 0 bridgehead atoms. The average molecular weight is 241 g/mol. The number of carbonyl (C=O) groups excluding carboxylic acids is 1. The summed E-state index contributed by atoms with van der Waals surface area (Å²) in [5, 5.41) is 1.03. The minimum absolute atomic E-state index is 0.183. The highest BCUT2D eigenvalue weighted by molar-refractivity contribution is 5.98. The molecule has 0 aliphatic heterocycles. The van der Waals surface area contributed by atoms with Gasteiger partial charge in [0.2, 0.25) is 0 Å². The van der Waals surface area contributed by atoms with Crippen LogP contribution >= 0.6 is 0 Å². The first-order valence-electron chi connectivity index (χ1n) is 6.34. The van der Waals surface area contributed by atoms with Crippen LogP contribution in [0, 0.1) is 5.41 Å². The Kier molecular flexibility index (Phi) is 3.46. The maximum atomic E-state index is 12.1. The van der Waals surface area contributed by atoms with Gasteiger partial charge in [-0.25, -0.2) is 0 Å². The Balaban J connectivity index is 2.18. The monoisotopic (exact) mass is 241 g/mol.